The van der Waals surface area contributed by atoms with Crippen molar-refractivity contribution < 1.29 is 18.7 Å². The molecule has 0 atom stereocenters. The third kappa shape index (κ3) is 3.17. The zero-order chi connectivity index (χ0) is 14.8. The molecular weight excluding hydrogens is 261 g/mol. The van der Waals surface area contributed by atoms with Gasteiger partial charge in [-0.3, -0.25) is 4.79 Å². The Hall–Kier alpha value is -1.88. The Kier molecular flexibility index (Phi) is 4.09. The molecule has 0 saturated carbocycles. The zero-order valence-corrected chi connectivity index (χ0v) is 11.6. The number of amides is 1. The van der Waals surface area contributed by atoms with Crippen LogP contribution in [0.25, 0.3) is 11.0 Å². The number of aliphatic hydroxyl groups excluding tert-OH is 1. The molecule has 0 saturated heterocycles. The van der Waals surface area contributed by atoms with Crippen molar-refractivity contribution >= 4 is 16.9 Å². The van der Waals surface area contributed by atoms with Gasteiger partial charge in [0.25, 0.3) is 5.91 Å². The Bertz CT molecular complexity index is 619. The van der Waals surface area contributed by atoms with Gasteiger partial charge in [-0.2, -0.15) is 0 Å². The highest BCUT2D eigenvalue weighted by atomic mass is 19.1. The molecule has 2 N–H and O–H groups in total. The highest BCUT2D eigenvalue weighted by molar-refractivity contribution is 5.96. The minimum atomic E-state index is -0.484. The lowest BCUT2D eigenvalue weighted by molar-refractivity contribution is 0.0902. The third-order valence-corrected chi connectivity index (χ3v) is 3.24. The predicted octanol–water partition coefficient (Wildman–Crippen LogP) is 2.71. The first kappa shape index (κ1) is 14.5. The van der Waals surface area contributed by atoms with Crippen LogP contribution in [-0.2, 0) is 0 Å². The molecule has 0 radical (unpaired) electrons. The fourth-order valence-electron chi connectivity index (χ4n) is 1.94. The molecule has 20 heavy (non-hydrogen) atoms. The number of fused-ring (bicyclic) bond motifs is 1. The molecule has 1 aromatic heterocycles. The molecule has 0 unspecified atom stereocenters. The Morgan fingerprint density at radius 2 is 2.20 bits per heavy atom. The van der Waals surface area contributed by atoms with Crippen LogP contribution in [0.4, 0.5) is 4.39 Å². The van der Waals surface area contributed by atoms with Gasteiger partial charge in [0, 0.05) is 18.5 Å². The molecule has 1 amide bonds. The van der Waals surface area contributed by atoms with E-state index in [1.54, 1.807) is 12.1 Å². The molecule has 4 nitrogen and oxygen atoms in total. The number of halogens is 1. The van der Waals surface area contributed by atoms with Crippen LogP contribution in [-0.4, -0.2) is 24.2 Å². The molecule has 0 aliphatic heterocycles. The van der Waals surface area contributed by atoms with Gasteiger partial charge in [0.05, 0.1) is 0 Å². The summed E-state index contributed by atoms with van der Waals surface area (Å²) in [5.74, 6) is -0.779. The van der Waals surface area contributed by atoms with Crippen molar-refractivity contribution in [1.29, 1.82) is 0 Å². The largest absolute Gasteiger partial charge is 0.448 e. The van der Waals surface area contributed by atoms with E-state index in [4.69, 9.17) is 9.52 Å². The van der Waals surface area contributed by atoms with Gasteiger partial charge in [-0.05, 0) is 24.0 Å². The molecule has 0 aliphatic carbocycles. The fraction of sp³-hybridized carbons (Fsp3) is 0.400. The van der Waals surface area contributed by atoms with Gasteiger partial charge in [0.1, 0.15) is 0 Å². The van der Waals surface area contributed by atoms with E-state index in [0.29, 0.717) is 18.4 Å². The number of nitrogens with one attached hydrogen (secondary N) is 1. The van der Waals surface area contributed by atoms with Crippen molar-refractivity contribution in [2.75, 3.05) is 13.2 Å². The van der Waals surface area contributed by atoms with E-state index in [-0.39, 0.29) is 29.3 Å². The number of hydrogen-bond donors (Lipinski definition) is 2. The second-order valence-corrected chi connectivity index (χ2v) is 5.59. The SMILES string of the molecule is CC(C)(CCO)CNC(=O)c1cc2cccc(F)c2o1. The van der Waals surface area contributed by atoms with Crippen molar-refractivity contribution in [3.8, 4) is 0 Å². The zero-order valence-electron chi connectivity index (χ0n) is 11.6. The van der Waals surface area contributed by atoms with Crippen LogP contribution in [0.3, 0.4) is 0 Å². The van der Waals surface area contributed by atoms with E-state index in [1.807, 2.05) is 13.8 Å². The Morgan fingerprint density at radius 1 is 1.45 bits per heavy atom. The molecule has 0 aliphatic rings. The lowest BCUT2D eigenvalue weighted by atomic mass is 9.90. The molecule has 0 bridgehead atoms. The summed E-state index contributed by atoms with van der Waals surface area (Å²) in [6, 6.07) is 6.07. The summed E-state index contributed by atoms with van der Waals surface area (Å²) in [6.07, 6.45) is 0.585. The Morgan fingerprint density at radius 3 is 2.85 bits per heavy atom. The van der Waals surface area contributed by atoms with Gasteiger partial charge in [-0.15, -0.1) is 0 Å². The van der Waals surface area contributed by atoms with Crippen LogP contribution >= 0.6 is 0 Å². The minimum Gasteiger partial charge on any atom is -0.448 e. The van der Waals surface area contributed by atoms with Crippen molar-refractivity contribution in [2.24, 2.45) is 5.41 Å². The minimum absolute atomic E-state index is 0.0682. The van der Waals surface area contributed by atoms with E-state index >= 15 is 0 Å². The van der Waals surface area contributed by atoms with E-state index in [9.17, 15) is 9.18 Å². The number of aliphatic hydroxyl groups is 1. The number of hydrogen-bond acceptors (Lipinski definition) is 3. The van der Waals surface area contributed by atoms with Crippen molar-refractivity contribution in [3.63, 3.8) is 0 Å². The number of carbonyl (C=O) groups is 1. The van der Waals surface area contributed by atoms with Crippen LogP contribution in [0.2, 0.25) is 0 Å². The van der Waals surface area contributed by atoms with Crippen LogP contribution in [0, 0.1) is 11.2 Å². The quantitative estimate of drug-likeness (QED) is 0.884. The van der Waals surface area contributed by atoms with Gasteiger partial charge in [-0.1, -0.05) is 26.0 Å². The summed E-state index contributed by atoms with van der Waals surface area (Å²) in [5, 5.41) is 12.2. The molecule has 1 aromatic carbocycles. The van der Waals surface area contributed by atoms with E-state index in [2.05, 4.69) is 5.32 Å². The monoisotopic (exact) mass is 279 g/mol. The van der Waals surface area contributed by atoms with E-state index < -0.39 is 5.82 Å². The average Bonchev–Trinajstić information content (AvgIpc) is 2.81. The van der Waals surface area contributed by atoms with Crippen LogP contribution < -0.4 is 5.32 Å². The van der Waals surface area contributed by atoms with Gasteiger partial charge >= 0.3 is 0 Å². The van der Waals surface area contributed by atoms with Crippen molar-refractivity contribution in [2.45, 2.75) is 20.3 Å². The summed E-state index contributed by atoms with van der Waals surface area (Å²) in [7, 11) is 0. The molecule has 2 aromatic rings. The first-order valence-corrected chi connectivity index (χ1v) is 6.50. The number of rotatable bonds is 5. The molecule has 1 heterocycles. The third-order valence-electron chi connectivity index (χ3n) is 3.24. The second-order valence-electron chi connectivity index (χ2n) is 5.59. The van der Waals surface area contributed by atoms with Gasteiger partial charge in [0.2, 0.25) is 0 Å². The van der Waals surface area contributed by atoms with E-state index in [0.717, 1.165) is 0 Å². The molecular formula is C15H18FNO3. The average molecular weight is 279 g/mol. The lowest BCUT2D eigenvalue weighted by Crippen LogP contribution is -2.34. The first-order valence-electron chi connectivity index (χ1n) is 6.50. The van der Waals surface area contributed by atoms with Gasteiger partial charge in [-0.25, -0.2) is 4.39 Å². The summed E-state index contributed by atoms with van der Waals surface area (Å²) in [6.45, 7) is 4.37. The lowest BCUT2D eigenvalue weighted by Gasteiger charge is -2.23. The smallest absolute Gasteiger partial charge is 0.287 e. The maximum atomic E-state index is 13.5. The van der Waals surface area contributed by atoms with E-state index in [1.165, 1.54) is 12.1 Å². The topological polar surface area (TPSA) is 62.5 Å². The normalized spacial score (nSPS) is 11.8. The number of furan rings is 1. The number of para-hydroxylation sites is 1. The fourth-order valence-corrected chi connectivity index (χ4v) is 1.94. The molecule has 5 heteroatoms. The number of carbonyl (C=O) groups excluding carboxylic acids is 1. The standard InChI is InChI=1S/C15H18FNO3/c1-15(2,6-7-18)9-17-14(19)12-8-10-4-3-5-11(16)13(10)20-12/h3-5,8,18H,6-7,9H2,1-2H3,(H,17,19). The molecule has 108 valence electrons. The van der Waals surface area contributed by atoms with Crippen LogP contribution in [0.5, 0.6) is 0 Å². The maximum absolute atomic E-state index is 13.5. The Balaban J connectivity index is 2.10. The molecule has 0 fully saturated rings. The van der Waals surface area contributed by atoms with Crippen molar-refractivity contribution in [3.05, 3.63) is 35.8 Å². The highest BCUT2D eigenvalue weighted by Crippen LogP contribution is 2.22. The summed E-state index contributed by atoms with van der Waals surface area (Å²) in [5.41, 5.74) is -0.117. The van der Waals surface area contributed by atoms with Crippen LogP contribution in [0.1, 0.15) is 30.8 Å². The number of benzene rings is 1. The first-order chi connectivity index (χ1) is 9.43. The van der Waals surface area contributed by atoms with Crippen LogP contribution in [0.15, 0.2) is 28.7 Å². The second kappa shape index (κ2) is 5.63. The predicted molar refractivity (Wildman–Crippen MR) is 74.0 cm³/mol. The van der Waals surface area contributed by atoms with Gasteiger partial charge in [0.15, 0.2) is 17.2 Å². The summed E-state index contributed by atoms with van der Waals surface area (Å²) in [4.78, 5) is 12.0. The van der Waals surface area contributed by atoms with Gasteiger partial charge < -0.3 is 14.8 Å². The maximum Gasteiger partial charge on any atom is 0.287 e. The molecule has 2 rings (SSSR count). The van der Waals surface area contributed by atoms with Crippen molar-refractivity contribution in [1.82, 2.24) is 5.32 Å². The summed E-state index contributed by atoms with van der Waals surface area (Å²) < 4.78 is 18.7. The molecule has 0 spiro atoms. The highest BCUT2D eigenvalue weighted by Gasteiger charge is 2.20. The summed E-state index contributed by atoms with van der Waals surface area (Å²) >= 11 is 0. The Labute approximate surface area is 116 Å².